The van der Waals surface area contributed by atoms with E-state index in [2.05, 4.69) is 5.32 Å². The van der Waals surface area contributed by atoms with Gasteiger partial charge in [0.15, 0.2) is 0 Å². The van der Waals surface area contributed by atoms with E-state index in [1.54, 1.807) is 43.3 Å². The van der Waals surface area contributed by atoms with Crippen LogP contribution in [0.15, 0.2) is 66.2 Å². The molecule has 0 saturated heterocycles. The fraction of sp³-hybridized carbons (Fsp3) is 0.214. The summed E-state index contributed by atoms with van der Waals surface area (Å²) in [6, 6.07) is 17.8. The van der Waals surface area contributed by atoms with Crippen molar-refractivity contribution in [1.82, 2.24) is 4.31 Å². The molecule has 3 aromatic rings. The van der Waals surface area contributed by atoms with Crippen LogP contribution in [-0.4, -0.2) is 24.5 Å². The van der Waals surface area contributed by atoms with Crippen molar-refractivity contribution in [1.29, 1.82) is 0 Å². The number of sulfonamides is 1. The molecular formula is C28H28N2O4S. The fourth-order valence-corrected chi connectivity index (χ4v) is 6.07. The first-order valence-corrected chi connectivity index (χ1v) is 12.8. The van der Waals surface area contributed by atoms with Crippen molar-refractivity contribution in [3.8, 4) is 0 Å². The summed E-state index contributed by atoms with van der Waals surface area (Å²) in [5, 5.41) is 2.88. The number of aryl methyl sites for hydroxylation is 4. The standard InChI is InChI=1S/C28H28N2O4S/c1-17-12-18(2)14-25(13-17)29-27(31)23-10-7-22(8-11-23)16-30-28(32)21(5)26(35(30,33)34)24-9-6-19(3)20(4)15-24/h6-15H,16H2,1-5H3,(H,29,31). The lowest BCUT2D eigenvalue weighted by atomic mass is 10.0. The lowest BCUT2D eigenvalue weighted by Gasteiger charge is -2.17. The van der Waals surface area contributed by atoms with Crippen LogP contribution in [0, 0.1) is 27.7 Å². The maximum absolute atomic E-state index is 13.3. The Kier molecular flexibility index (Phi) is 6.38. The van der Waals surface area contributed by atoms with Gasteiger partial charge in [0, 0.05) is 16.8 Å². The molecule has 0 bridgehead atoms. The van der Waals surface area contributed by atoms with Crippen LogP contribution < -0.4 is 5.32 Å². The summed E-state index contributed by atoms with van der Waals surface area (Å²) in [5.74, 6) is -0.796. The highest BCUT2D eigenvalue weighted by Crippen LogP contribution is 2.37. The van der Waals surface area contributed by atoms with E-state index in [1.165, 1.54) is 0 Å². The van der Waals surface area contributed by atoms with Gasteiger partial charge in [0.1, 0.15) is 4.91 Å². The van der Waals surface area contributed by atoms with Gasteiger partial charge in [0.25, 0.3) is 21.8 Å². The SMILES string of the molecule is CC1=C(c2ccc(C)c(C)c2)S(=O)(=O)N(Cc2ccc(C(=O)Nc3cc(C)cc(C)c3)cc2)C1=O. The van der Waals surface area contributed by atoms with Crippen LogP contribution in [0.25, 0.3) is 4.91 Å². The molecule has 6 nitrogen and oxygen atoms in total. The molecule has 0 saturated carbocycles. The normalized spacial score (nSPS) is 15.0. The van der Waals surface area contributed by atoms with Crippen molar-refractivity contribution < 1.29 is 18.0 Å². The molecule has 0 aromatic heterocycles. The molecule has 2 amide bonds. The zero-order valence-electron chi connectivity index (χ0n) is 20.5. The Hall–Kier alpha value is -3.71. The van der Waals surface area contributed by atoms with Gasteiger partial charge in [-0.25, -0.2) is 12.7 Å². The molecule has 3 aromatic carbocycles. The minimum absolute atomic E-state index is 0.0510. The molecule has 1 heterocycles. The Balaban J connectivity index is 1.53. The van der Waals surface area contributed by atoms with E-state index in [4.69, 9.17) is 0 Å². The molecular weight excluding hydrogens is 460 g/mol. The molecule has 4 rings (SSSR count). The van der Waals surface area contributed by atoms with Gasteiger partial charge < -0.3 is 5.32 Å². The first kappa shape index (κ1) is 24.4. The van der Waals surface area contributed by atoms with Gasteiger partial charge >= 0.3 is 0 Å². The van der Waals surface area contributed by atoms with Crippen molar-refractivity contribution in [3.63, 3.8) is 0 Å². The summed E-state index contributed by atoms with van der Waals surface area (Å²) in [6.07, 6.45) is 0. The summed E-state index contributed by atoms with van der Waals surface area (Å²) in [4.78, 5) is 25.6. The molecule has 1 N–H and O–H groups in total. The van der Waals surface area contributed by atoms with E-state index in [0.29, 0.717) is 22.4 Å². The van der Waals surface area contributed by atoms with E-state index < -0.39 is 15.9 Å². The van der Waals surface area contributed by atoms with Crippen LogP contribution in [0.1, 0.15) is 50.7 Å². The monoisotopic (exact) mass is 488 g/mol. The lowest BCUT2D eigenvalue weighted by molar-refractivity contribution is -0.122. The molecule has 0 spiro atoms. The number of nitrogens with zero attached hydrogens (tertiary/aromatic N) is 1. The Morgan fingerprint density at radius 2 is 1.46 bits per heavy atom. The number of amides is 2. The topological polar surface area (TPSA) is 83.6 Å². The minimum atomic E-state index is -4.00. The van der Waals surface area contributed by atoms with Crippen molar-refractivity contribution in [2.45, 2.75) is 41.2 Å². The van der Waals surface area contributed by atoms with Crippen LogP contribution >= 0.6 is 0 Å². The predicted molar refractivity (Wildman–Crippen MR) is 138 cm³/mol. The van der Waals surface area contributed by atoms with Crippen LogP contribution in [-0.2, 0) is 21.4 Å². The van der Waals surface area contributed by atoms with E-state index >= 15 is 0 Å². The maximum Gasteiger partial charge on any atom is 0.268 e. The van der Waals surface area contributed by atoms with Gasteiger partial charge in [0.2, 0.25) is 0 Å². The Morgan fingerprint density at radius 3 is 2.06 bits per heavy atom. The number of nitrogens with one attached hydrogen (secondary N) is 1. The third-order valence-corrected chi connectivity index (χ3v) is 8.16. The van der Waals surface area contributed by atoms with E-state index in [-0.39, 0.29) is 22.9 Å². The summed E-state index contributed by atoms with van der Waals surface area (Å²) < 4.78 is 27.6. The van der Waals surface area contributed by atoms with Gasteiger partial charge in [-0.15, -0.1) is 0 Å². The smallest absolute Gasteiger partial charge is 0.268 e. The molecule has 7 heteroatoms. The number of rotatable bonds is 5. The second-order valence-corrected chi connectivity index (χ2v) is 10.9. The van der Waals surface area contributed by atoms with Gasteiger partial charge in [-0.1, -0.05) is 36.4 Å². The Bertz CT molecular complexity index is 1470. The van der Waals surface area contributed by atoms with E-state index in [0.717, 1.165) is 26.6 Å². The third-order valence-electron chi connectivity index (χ3n) is 6.23. The zero-order valence-corrected chi connectivity index (χ0v) is 21.3. The molecule has 1 aliphatic heterocycles. The van der Waals surface area contributed by atoms with Crippen LogP contribution in [0.4, 0.5) is 5.69 Å². The number of carbonyl (C=O) groups excluding carboxylic acids is 2. The van der Waals surface area contributed by atoms with Gasteiger partial charge in [-0.2, -0.15) is 0 Å². The lowest BCUT2D eigenvalue weighted by Crippen LogP contribution is -2.30. The van der Waals surface area contributed by atoms with Crippen molar-refractivity contribution in [2.75, 3.05) is 5.32 Å². The molecule has 0 aliphatic carbocycles. The Labute approximate surface area is 206 Å². The summed E-state index contributed by atoms with van der Waals surface area (Å²) in [6.45, 7) is 9.23. The number of hydrogen-bond donors (Lipinski definition) is 1. The number of benzene rings is 3. The first-order valence-electron chi connectivity index (χ1n) is 11.3. The third kappa shape index (κ3) is 4.77. The summed E-state index contributed by atoms with van der Waals surface area (Å²) >= 11 is 0. The first-order chi connectivity index (χ1) is 16.5. The second-order valence-electron chi connectivity index (χ2n) is 9.10. The number of anilines is 1. The average molecular weight is 489 g/mol. The van der Waals surface area contributed by atoms with E-state index in [9.17, 15) is 18.0 Å². The average Bonchev–Trinajstić information content (AvgIpc) is 2.94. The van der Waals surface area contributed by atoms with Crippen molar-refractivity contribution >= 4 is 32.4 Å². The molecule has 0 radical (unpaired) electrons. The predicted octanol–water partition coefficient (Wildman–Crippen LogP) is 5.28. The highest BCUT2D eigenvalue weighted by Gasteiger charge is 2.42. The zero-order chi connectivity index (χ0) is 25.5. The van der Waals surface area contributed by atoms with Crippen molar-refractivity contribution in [2.24, 2.45) is 0 Å². The summed E-state index contributed by atoms with van der Waals surface area (Å²) in [7, 11) is -4.00. The number of carbonyl (C=O) groups is 2. The molecule has 0 unspecified atom stereocenters. The van der Waals surface area contributed by atoms with Crippen molar-refractivity contribution in [3.05, 3.63) is 105 Å². The highest BCUT2D eigenvalue weighted by molar-refractivity contribution is 7.99. The largest absolute Gasteiger partial charge is 0.322 e. The molecule has 35 heavy (non-hydrogen) atoms. The van der Waals surface area contributed by atoms with Crippen LogP contribution in [0.5, 0.6) is 0 Å². The second kappa shape index (κ2) is 9.15. The van der Waals surface area contributed by atoms with Gasteiger partial charge in [0.05, 0.1) is 6.54 Å². The molecule has 1 aliphatic rings. The molecule has 180 valence electrons. The number of hydrogen-bond acceptors (Lipinski definition) is 4. The van der Waals surface area contributed by atoms with Gasteiger partial charge in [-0.3, -0.25) is 9.59 Å². The molecule has 0 fully saturated rings. The minimum Gasteiger partial charge on any atom is -0.322 e. The van der Waals surface area contributed by atoms with Gasteiger partial charge in [-0.05, 0) is 92.3 Å². The van der Waals surface area contributed by atoms with Crippen LogP contribution in [0.2, 0.25) is 0 Å². The summed E-state index contributed by atoms with van der Waals surface area (Å²) in [5.41, 5.74) is 6.59. The van der Waals surface area contributed by atoms with Crippen LogP contribution in [0.3, 0.4) is 0 Å². The fourth-order valence-electron chi connectivity index (χ4n) is 4.28. The molecule has 0 atom stereocenters. The van der Waals surface area contributed by atoms with E-state index in [1.807, 2.05) is 52.0 Å². The quantitative estimate of drug-likeness (QED) is 0.530. The highest BCUT2D eigenvalue weighted by atomic mass is 32.2. The Morgan fingerprint density at radius 1 is 0.829 bits per heavy atom. The maximum atomic E-state index is 13.3.